The second-order valence-corrected chi connectivity index (χ2v) is 7.45. The lowest BCUT2D eigenvalue weighted by molar-refractivity contribution is 0.152. The zero-order chi connectivity index (χ0) is 17.6. The number of aromatic nitrogens is 2. The summed E-state index contributed by atoms with van der Waals surface area (Å²) in [4.78, 5) is 14.5. The molecule has 1 atom stereocenters. The zero-order valence-corrected chi connectivity index (χ0v) is 15.2. The van der Waals surface area contributed by atoms with Gasteiger partial charge in [-0.3, -0.25) is 4.90 Å². The number of benzene rings is 1. The van der Waals surface area contributed by atoms with Crippen LogP contribution in [-0.4, -0.2) is 33.7 Å². The van der Waals surface area contributed by atoms with Gasteiger partial charge in [0.05, 0.1) is 6.54 Å². The molecule has 2 amide bonds. The topological polar surface area (TPSA) is 96.2 Å². The Morgan fingerprint density at radius 2 is 2.28 bits per heavy atom. The maximum atomic E-state index is 12.0. The van der Waals surface area contributed by atoms with Crippen LogP contribution in [0.2, 0.25) is 0 Å². The molecule has 25 heavy (non-hydrogen) atoms. The number of anilines is 2. The predicted octanol–water partition coefficient (Wildman–Crippen LogP) is 2.82. The van der Waals surface area contributed by atoms with E-state index in [1.807, 2.05) is 18.2 Å². The molecule has 134 valence electrons. The van der Waals surface area contributed by atoms with Gasteiger partial charge in [0, 0.05) is 18.3 Å². The van der Waals surface area contributed by atoms with Crippen LogP contribution in [0.1, 0.15) is 36.8 Å². The molecular weight excluding hydrogens is 336 g/mol. The van der Waals surface area contributed by atoms with Crippen LogP contribution in [0.5, 0.6) is 0 Å². The molecule has 2 heterocycles. The molecule has 0 aliphatic carbocycles. The van der Waals surface area contributed by atoms with Crippen molar-refractivity contribution in [3.8, 4) is 0 Å². The summed E-state index contributed by atoms with van der Waals surface area (Å²) in [5.74, 6) is 0. The predicted molar refractivity (Wildman–Crippen MR) is 100 cm³/mol. The number of piperidine rings is 1. The van der Waals surface area contributed by atoms with Crippen molar-refractivity contribution in [2.24, 2.45) is 0 Å². The van der Waals surface area contributed by atoms with Crippen molar-refractivity contribution in [3.63, 3.8) is 0 Å². The zero-order valence-electron chi connectivity index (χ0n) is 14.4. The molecule has 0 spiro atoms. The third kappa shape index (κ3) is 5.14. The number of likely N-dealkylation sites (tertiary alicyclic amines) is 1. The van der Waals surface area contributed by atoms with Gasteiger partial charge in [-0.1, -0.05) is 29.9 Å². The first-order valence-electron chi connectivity index (χ1n) is 8.56. The summed E-state index contributed by atoms with van der Waals surface area (Å²) in [6.45, 7) is 4.66. The molecule has 1 aromatic heterocycles. The highest BCUT2D eigenvalue weighted by Gasteiger charge is 2.18. The van der Waals surface area contributed by atoms with Crippen LogP contribution in [0.25, 0.3) is 0 Å². The molecule has 1 aliphatic heterocycles. The third-order valence-electron chi connectivity index (χ3n) is 4.39. The second kappa shape index (κ2) is 8.26. The largest absolute Gasteiger partial charge is 0.374 e. The van der Waals surface area contributed by atoms with E-state index in [9.17, 15) is 4.79 Å². The Morgan fingerprint density at radius 3 is 3.04 bits per heavy atom. The fourth-order valence-electron chi connectivity index (χ4n) is 3.04. The molecule has 3 rings (SSSR count). The first kappa shape index (κ1) is 17.6. The Kier molecular flexibility index (Phi) is 5.83. The summed E-state index contributed by atoms with van der Waals surface area (Å²) in [6.07, 6.45) is 3.84. The van der Waals surface area contributed by atoms with Crippen LogP contribution in [0.4, 0.5) is 15.6 Å². The smallest absolute Gasteiger partial charge is 0.319 e. The maximum absolute atomic E-state index is 12.0. The van der Waals surface area contributed by atoms with Crippen molar-refractivity contribution in [1.29, 1.82) is 0 Å². The number of nitrogens with one attached hydrogen (secondary N) is 2. The van der Waals surface area contributed by atoms with E-state index < -0.39 is 0 Å². The van der Waals surface area contributed by atoms with Crippen molar-refractivity contribution in [2.45, 2.75) is 45.3 Å². The van der Waals surface area contributed by atoms with Crippen molar-refractivity contribution in [2.75, 3.05) is 17.6 Å². The normalized spacial score (nSPS) is 18.0. The van der Waals surface area contributed by atoms with E-state index in [0.717, 1.165) is 18.8 Å². The molecule has 0 saturated carbocycles. The lowest BCUT2D eigenvalue weighted by Gasteiger charge is -2.33. The Labute approximate surface area is 151 Å². The average molecular weight is 360 g/mol. The highest BCUT2D eigenvalue weighted by Crippen LogP contribution is 2.20. The van der Waals surface area contributed by atoms with E-state index in [4.69, 9.17) is 5.73 Å². The second-order valence-electron chi connectivity index (χ2n) is 6.36. The monoisotopic (exact) mass is 360 g/mol. The molecule has 7 nitrogen and oxygen atoms in total. The van der Waals surface area contributed by atoms with Crippen LogP contribution in [0.3, 0.4) is 0 Å². The molecule has 1 aliphatic rings. The summed E-state index contributed by atoms with van der Waals surface area (Å²) in [5.41, 5.74) is 7.52. The lowest BCUT2D eigenvalue weighted by Crippen LogP contribution is -2.36. The van der Waals surface area contributed by atoms with Gasteiger partial charge in [-0.2, -0.15) is 0 Å². The molecule has 0 unspecified atom stereocenters. The Balaban J connectivity index is 1.52. The van der Waals surface area contributed by atoms with Gasteiger partial charge in [-0.15, -0.1) is 10.2 Å². The van der Waals surface area contributed by atoms with E-state index in [1.165, 1.54) is 36.2 Å². The minimum absolute atomic E-state index is 0.266. The number of carbonyl (C=O) groups is 1. The first-order chi connectivity index (χ1) is 12.1. The van der Waals surface area contributed by atoms with Crippen LogP contribution < -0.4 is 16.4 Å². The van der Waals surface area contributed by atoms with E-state index in [2.05, 4.69) is 38.7 Å². The van der Waals surface area contributed by atoms with Gasteiger partial charge in [0.15, 0.2) is 0 Å². The number of urea groups is 1. The van der Waals surface area contributed by atoms with Crippen LogP contribution >= 0.6 is 11.3 Å². The van der Waals surface area contributed by atoms with Gasteiger partial charge in [0.25, 0.3) is 0 Å². The van der Waals surface area contributed by atoms with Crippen molar-refractivity contribution in [1.82, 2.24) is 20.4 Å². The Bertz CT molecular complexity index is 719. The number of amides is 2. The van der Waals surface area contributed by atoms with Crippen molar-refractivity contribution < 1.29 is 4.79 Å². The highest BCUT2D eigenvalue weighted by atomic mass is 32.1. The highest BCUT2D eigenvalue weighted by molar-refractivity contribution is 7.15. The SMILES string of the molecule is C[C@H]1CCCCN1Cc1cccc(NC(=O)NCc2nnc(N)s2)c1. The molecule has 1 aromatic carbocycles. The standard InChI is InChI=1S/C17H24N6OS/c1-12-5-2-3-8-23(12)11-13-6-4-7-14(9-13)20-17(24)19-10-15-21-22-16(18)25-15/h4,6-7,9,12H,2-3,5,8,10-11H2,1H3,(H2,18,22)(H2,19,20,24)/t12-/m0/s1. The summed E-state index contributed by atoms with van der Waals surface area (Å²) >= 11 is 1.27. The van der Waals surface area contributed by atoms with Gasteiger partial charge >= 0.3 is 6.03 Å². The van der Waals surface area contributed by atoms with Gasteiger partial charge < -0.3 is 16.4 Å². The van der Waals surface area contributed by atoms with Gasteiger partial charge in [0.2, 0.25) is 5.13 Å². The summed E-state index contributed by atoms with van der Waals surface area (Å²) < 4.78 is 0. The number of nitrogen functional groups attached to an aromatic ring is 1. The third-order valence-corrected chi connectivity index (χ3v) is 5.15. The minimum Gasteiger partial charge on any atom is -0.374 e. The molecular formula is C17H24N6OS. The van der Waals surface area contributed by atoms with Gasteiger partial charge in [-0.05, 0) is 44.0 Å². The van der Waals surface area contributed by atoms with Crippen LogP contribution in [0, 0.1) is 0 Å². The average Bonchev–Trinajstić information content (AvgIpc) is 3.01. The van der Waals surface area contributed by atoms with Crippen molar-refractivity contribution in [3.05, 3.63) is 34.8 Å². The number of hydrogen-bond donors (Lipinski definition) is 3. The van der Waals surface area contributed by atoms with E-state index >= 15 is 0 Å². The van der Waals surface area contributed by atoms with Crippen LogP contribution in [0.15, 0.2) is 24.3 Å². The molecule has 0 radical (unpaired) electrons. The number of rotatable bonds is 5. The number of nitrogens with zero attached hydrogens (tertiary/aromatic N) is 3. The summed E-state index contributed by atoms with van der Waals surface area (Å²) in [6, 6.07) is 8.36. The fourth-order valence-corrected chi connectivity index (χ4v) is 3.59. The molecule has 1 fully saturated rings. The number of carbonyl (C=O) groups excluding carboxylic acids is 1. The fraction of sp³-hybridized carbons (Fsp3) is 0.471. The summed E-state index contributed by atoms with van der Waals surface area (Å²) in [5, 5.41) is 14.3. The Morgan fingerprint density at radius 1 is 1.40 bits per heavy atom. The molecule has 0 bridgehead atoms. The number of nitrogens with two attached hydrogens (primary N) is 1. The quantitative estimate of drug-likeness (QED) is 0.762. The first-order valence-corrected chi connectivity index (χ1v) is 9.37. The Hall–Kier alpha value is -2.19. The maximum Gasteiger partial charge on any atom is 0.319 e. The van der Waals surface area contributed by atoms with E-state index in [-0.39, 0.29) is 6.03 Å². The number of hydrogen-bond acceptors (Lipinski definition) is 6. The van der Waals surface area contributed by atoms with Crippen LogP contribution in [-0.2, 0) is 13.1 Å². The van der Waals surface area contributed by atoms with E-state index in [1.54, 1.807) is 0 Å². The van der Waals surface area contributed by atoms with Gasteiger partial charge in [0.1, 0.15) is 5.01 Å². The van der Waals surface area contributed by atoms with E-state index in [0.29, 0.717) is 22.7 Å². The molecule has 1 saturated heterocycles. The molecule has 8 heteroatoms. The summed E-state index contributed by atoms with van der Waals surface area (Å²) in [7, 11) is 0. The van der Waals surface area contributed by atoms with Crippen molar-refractivity contribution >= 4 is 28.2 Å². The molecule has 2 aromatic rings. The minimum atomic E-state index is -0.266. The van der Waals surface area contributed by atoms with Gasteiger partial charge in [-0.25, -0.2) is 4.79 Å². The molecule has 4 N–H and O–H groups in total. The lowest BCUT2D eigenvalue weighted by atomic mass is 10.0.